The molecule has 1 aromatic carbocycles. The SMILES string of the molecule is CSc1c(Br)cc(C2(CN)CC2)cc1S(C)(=O)=O. The van der Waals surface area contributed by atoms with Crippen molar-refractivity contribution in [1.29, 1.82) is 0 Å². The number of hydrogen-bond donors (Lipinski definition) is 1. The van der Waals surface area contributed by atoms with Crippen molar-refractivity contribution >= 4 is 37.5 Å². The summed E-state index contributed by atoms with van der Waals surface area (Å²) < 4.78 is 24.6. The van der Waals surface area contributed by atoms with Crippen molar-refractivity contribution in [2.24, 2.45) is 5.73 Å². The van der Waals surface area contributed by atoms with Crippen LogP contribution in [0.25, 0.3) is 0 Å². The molecule has 2 rings (SSSR count). The van der Waals surface area contributed by atoms with Gasteiger partial charge in [-0.15, -0.1) is 11.8 Å². The fourth-order valence-corrected chi connectivity index (χ4v) is 5.19. The van der Waals surface area contributed by atoms with Crippen molar-refractivity contribution < 1.29 is 8.42 Å². The van der Waals surface area contributed by atoms with Gasteiger partial charge in [-0.2, -0.15) is 0 Å². The molecule has 0 atom stereocenters. The zero-order valence-corrected chi connectivity index (χ0v) is 13.6. The number of thioether (sulfide) groups is 1. The fraction of sp³-hybridized carbons (Fsp3) is 0.500. The molecule has 2 N–H and O–H groups in total. The number of nitrogens with two attached hydrogens (primary N) is 1. The van der Waals surface area contributed by atoms with Gasteiger partial charge in [-0.25, -0.2) is 8.42 Å². The molecule has 3 nitrogen and oxygen atoms in total. The summed E-state index contributed by atoms with van der Waals surface area (Å²) in [5.41, 5.74) is 6.85. The summed E-state index contributed by atoms with van der Waals surface area (Å²) in [7, 11) is -3.22. The highest BCUT2D eigenvalue weighted by Crippen LogP contribution is 2.49. The highest BCUT2D eigenvalue weighted by atomic mass is 79.9. The Morgan fingerprint density at radius 3 is 2.44 bits per heavy atom. The molecule has 0 saturated heterocycles. The van der Waals surface area contributed by atoms with Crippen LogP contribution in [0.4, 0.5) is 0 Å². The Morgan fingerprint density at radius 1 is 1.44 bits per heavy atom. The first-order chi connectivity index (χ1) is 8.34. The lowest BCUT2D eigenvalue weighted by atomic mass is 9.96. The van der Waals surface area contributed by atoms with E-state index in [0.29, 0.717) is 11.4 Å². The quantitative estimate of drug-likeness (QED) is 0.848. The van der Waals surface area contributed by atoms with Gasteiger partial charge in [0.25, 0.3) is 0 Å². The van der Waals surface area contributed by atoms with Crippen LogP contribution >= 0.6 is 27.7 Å². The second-order valence-corrected chi connectivity index (χ2v) is 8.40. The maximum absolute atomic E-state index is 11.9. The summed E-state index contributed by atoms with van der Waals surface area (Å²) in [6, 6.07) is 3.81. The van der Waals surface area contributed by atoms with E-state index < -0.39 is 9.84 Å². The highest BCUT2D eigenvalue weighted by Gasteiger charge is 2.43. The van der Waals surface area contributed by atoms with Crippen molar-refractivity contribution in [1.82, 2.24) is 0 Å². The molecule has 0 bridgehead atoms. The Kier molecular flexibility index (Phi) is 3.84. The highest BCUT2D eigenvalue weighted by molar-refractivity contribution is 9.10. The Bertz CT molecular complexity index is 580. The van der Waals surface area contributed by atoms with Crippen LogP contribution in [0.1, 0.15) is 18.4 Å². The second kappa shape index (κ2) is 4.81. The number of halogens is 1. The standard InChI is InChI=1S/C12H16BrNO2S2/c1-17-11-9(13)5-8(12(7-14)3-4-12)6-10(11)18(2,15)16/h5-6H,3-4,7,14H2,1-2H3. The Morgan fingerprint density at radius 2 is 2.06 bits per heavy atom. The van der Waals surface area contributed by atoms with Gasteiger partial charge in [0.1, 0.15) is 0 Å². The molecule has 6 heteroatoms. The third kappa shape index (κ3) is 2.48. The molecule has 0 heterocycles. The van der Waals surface area contributed by atoms with Gasteiger partial charge in [0.05, 0.1) is 4.90 Å². The van der Waals surface area contributed by atoms with Crippen LogP contribution in [0.3, 0.4) is 0 Å². The van der Waals surface area contributed by atoms with Gasteiger partial charge in [-0.1, -0.05) is 0 Å². The topological polar surface area (TPSA) is 60.2 Å². The van der Waals surface area contributed by atoms with E-state index in [-0.39, 0.29) is 5.41 Å². The van der Waals surface area contributed by atoms with Crippen molar-refractivity contribution in [3.8, 4) is 0 Å². The fourth-order valence-electron chi connectivity index (χ4n) is 2.11. The van der Waals surface area contributed by atoms with Crippen molar-refractivity contribution in [2.75, 3.05) is 19.1 Å². The molecule has 0 radical (unpaired) electrons. The van der Waals surface area contributed by atoms with E-state index in [9.17, 15) is 8.42 Å². The van der Waals surface area contributed by atoms with E-state index >= 15 is 0 Å². The normalized spacial score (nSPS) is 17.8. The van der Waals surface area contributed by atoms with Crippen molar-refractivity contribution in [3.63, 3.8) is 0 Å². The number of sulfone groups is 1. The predicted molar refractivity (Wildman–Crippen MR) is 79.0 cm³/mol. The number of hydrogen-bond acceptors (Lipinski definition) is 4. The van der Waals surface area contributed by atoms with Gasteiger partial charge >= 0.3 is 0 Å². The molecule has 0 aromatic heterocycles. The summed E-state index contributed by atoms with van der Waals surface area (Å²) in [5.74, 6) is 0. The average Bonchev–Trinajstić information content (AvgIpc) is 3.07. The van der Waals surface area contributed by atoms with E-state index in [1.165, 1.54) is 18.0 Å². The summed E-state index contributed by atoms with van der Waals surface area (Å²) in [6.45, 7) is 0.571. The third-order valence-corrected chi connectivity index (χ3v) is 6.46. The van der Waals surface area contributed by atoms with Gasteiger partial charge in [0.15, 0.2) is 9.84 Å². The molecule has 18 heavy (non-hydrogen) atoms. The molecule has 100 valence electrons. The molecule has 0 amide bonds. The smallest absolute Gasteiger partial charge is 0.176 e. The molecule has 0 spiro atoms. The first-order valence-corrected chi connectivity index (χ1v) is 9.53. The molecular weight excluding hydrogens is 334 g/mol. The van der Waals surface area contributed by atoms with Gasteiger partial charge in [-0.3, -0.25) is 0 Å². The largest absolute Gasteiger partial charge is 0.330 e. The number of rotatable bonds is 4. The van der Waals surface area contributed by atoms with Crippen LogP contribution in [0.2, 0.25) is 0 Å². The summed E-state index contributed by atoms with van der Waals surface area (Å²) in [5, 5.41) is 0. The van der Waals surface area contributed by atoms with Crippen molar-refractivity contribution in [2.45, 2.75) is 28.0 Å². The van der Waals surface area contributed by atoms with Crippen LogP contribution in [-0.4, -0.2) is 27.5 Å². The van der Waals surface area contributed by atoms with E-state index in [1.54, 1.807) is 6.07 Å². The Hall–Kier alpha value is -0.0400. The minimum atomic E-state index is -3.22. The van der Waals surface area contributed by atoms with Crippen LogP contribution in [-0.2, 0) is 15.3 Å². The molecule has 1 aromatic rings. The summed E-state index contributed by atoms with van der Waals surface area (Å²) in [4.78, 5) is 1.17. The van der Waals surface area contributed by atoms with Crippen LogP contribution in [0.15, 0.2) is 26.4 Å². The van der Waals surface area contributed by atoms with Crippen LogP contribution in [0, 0.1) is 0 Å². The van der Waals surface area contributed by atoms with E-state index in [4.69, 9.17) is 5.73 Å². The molecule has 0 unspecified atom stereocenters. The first-order valence-electron chi connectivity index (χ1n) is 5.62. The van der Waals surface area contributed by atoms with Gasteiger partial charge in [-0.05, 0) is 52.7 Å². The molecule has 1 aliphatic rings. The molecule has 0 aliphatic heterocycles. The first kappa shape index (κ1) is 14.4. The second-order valence-electron chi connectivity index (χ2n) is 4.75. The molecule has 1 aliphatic carbocycles. The van der Waals surface area contributed by atoms with Gasteiger partial charge in [0, 0.05) is 27.6 Å². The van der Waals surface area contributed by atoms with Crippen LogP contribution in [0.5, 0.6) is 0 Å². The monoisotopic (exact) mass is 349 g/mol. The van der Waals surface area contributed by atoms with Gasteiger partial charge in [0.2, 0.25) is 0 Å². The van der Waals surface area contributed by atoms with Crippen molar-refractivity contribution in [3.05, 3.63) is 22.2 Å². The Labute approximate surface area is 121 Å². The minimum Gasteiger partial charge on any atom is -0.330 e. The summed E-state index contributed by atoms with van der Waals surface area (Å²) >= 11 is 4.91. The lowest BCUT2D eigenvalue weighted by molar-refractivity contribution is 0.599. The zero-order valence-electron chi connectivity index (χ0n) is 10.4. The van der Waals surface area contributed by atoms with E-state index in [2.05, 4.69) is 15.9 Å². The molecule has 1 saturated carbocycles. The summed E-state index contributed by atoms with van der Waals surface area (Å²) in [6.07, 6.45) is 5.21. The van der Waals surface area contributed by atoms with Crippen LogP contribution < -0.4 is 5.73 Å². The lowest BCUT2D eigenvalue weighted by Gasteiger charge is -2.17. The van der Waals surface area contributed by atoms with Gasteiger partial charge < -0.3 is 5.73 Å². The maximum atomic E-state index is 11.9. The maximum Gasteiger partial charge on any atom is 0.176 e. The van der Waals surface area contributed by atoms with E-state index in [1.807, 2.05) is 12.3 Å². The van der Waals surface area contributed by atoms with E-state index in [0.717, 1.165) is 27.8 Å². The average molecular weight is 350 g/mol. The number of benzene rings is 1. The predicted octanol–water partition coefficient (Wildman–Crippen LogP) is 2.56. The zero-order chi connectivity index (χ0) is 13.6. The minimum absolute atomic E-state index is 0.00109. The molecule has 1 fully saturated rings. The lowest BCUT2D eigenvalue weighted by Crippen LogP contribution is -2.20. The molecular formula is C12H16BrNO2S2. The Balaban J connectivity index is 2.64. The third-order valence-electron chi connectivity index (χ3n) is 3.47.